The summed E-state index contributed by atoms with van der Waals surface area (Å²) in [6.07, 6.45) is 0. The van der Waals surface area contributed by atoms with Crippen molar-refractivity contribution in [1.82, 2.24) is 0 Å². The number of hydrogen-bond acceptors (Lipinski definition) is 4. The first-order valence-corrected chi connectivity index (χ1v) is 4.19. The van der Waals surface area contributed by atoms with E-state index in [-0.39, 0.29) is 49.0 Å². The van der Waals surface area contributed by atoms with Crippen LogP contribution in [0.5, 0.6) is 0 Å². The van der Waals surface area contributed by atoms with Crippen LogP contribution in [0.1, 0.15) is 0 Å². The van der Waals surface area contributed by atoms with Crippen LogP contribution in [0.2, 0.25) is 0 Å². The molecule has 4 N–H and O–H groups in total. The standard InChI is InChI=1S/Na.2H2O4S.Zn.H/c;2*1-5(2,3)4;;/h;2*(H2,1,2,3,4);;. The molecule has 0 bridgehead atoms. The van der Waals surface area contributed by atoms with E-state index in [0.717, 1.165) is 0 Å². The molecule has 12 heavy (non-hydrogen) atoms. The fraction of sp³-hybridized carbons (Fsp3) is 0. The Labute approximate surface area is 104 Å². The Hall–Kier alpha value is 1.36. The van der Waals surface area contributed by atoms with Crippen molar-refractivity contribution < 1.29 is 54.5 Å². The molecule has 0 saturated carbocycles. The minimum absolute atomic E-state index is 0. The molecule has 0 aliphatic heterocycles. The third kappa shape index (κ3) is 657. The first-order valence-electron chi connectivity index (χ1n) is 1.40. The average molecular weight is 286 g/mol. The molecule has 0 aliphatic carbocycles. The van der Waals surface area contributed by atoms with Gasteiger partial charge in [-0.3, -0.25) is 18.2 Å². The van der Waals surface area contributed by atoms with Gasteiger partial charge in [-0.1, -0.05) is 0 Å². The zero-order chi connectivity index (χ0) is 9.00. The van der Waals surface area contributed by atoms with E-state index in [1.807, 2.05) is 0 Å². The second kappa shape index (κ2) is 8.94. The van der Waals surface area contributed by atoms with Crippen molar-refractivity contribution in [3.8, 4) is 0 Å². The predicted octanol–water partition coefficient (Wildman–Crippen LogP) is -1.96. The van der Waals surface area contributed by atoms with E-state index in [0.29, 0.717) is 0 Å². The third-order valence-corrected chi connectivity index (χ3v) is 0. The molecule has 0 amide bonds. The van der Waals surface area contributed by atoms with Gasteiger partial charge in [0, 0.05) is 19.5 Å². The van der Waals surface area contributed by atoms with Crippen molar-refractivity contribution in [1.29, 1.82) is 0 Å². The Morgan fingerprint density at radius 1 is 0.667 bits per heavy atom. The Kier molecular flexibility index (Phi) is 17.4. The molecular formula is H5NaO8S2Zn. The summed E-state index contributed by atoms with van der Waals surface area (Å²) >= 11 is 0. The van der Waals surface area contributed by atoms with E-state index in [9.17, 15) is 0 Å². The fourth-order valence-corrected chi connectivity index (χ4v) is 0. The Bertz CT molecular complexity index is 213. The Balaban J connectivity index is -0.0000000457. The van der Waals surface area contributed by atoms with Gasteiger partial charge in [-0.2, -0.15) is 16.8 Å². The van der Waals surface area contributed by atoms with E-state index in [1.165, 1.54) is 0 Å². The van der Waals surface area contributed by atoms with Crippen LogP contribution in [0.25, 0.3) is 0 Å². The molecule has 0 spiro atoms. The minimum atomic E-state index is -4.67. The smallest absolute Gasteiger partial charge is 0 e. The van der Waals surface area contributed by atoms with Crippen molar-refractivity contribution >= 4 is 50.4 Å². The van der Waals surface area contributed by atoms with E-state index in [4.69, 9.17) is 35.0 Å². The van der Waals surface area contributed by atoms with Gasteiger partial charge in [-0.15, -0.1) is 0 Å². The molecule has 0 atom stereocenters. The summed E-state index contributed by atoms with van der Waals surface area (Å²) in [5.41, 5.74) is 0. The second-order valence-corrected chi connectivity index (χ2v) is 2.69. The molecule has 0 radical (unpaired) electrons. The van der Waals surface area contributed by atoms with Gasteiger partial charge >= 0.3 is 50.4 Å². The summed E-state index contributed by atoms with van der Waals surface area (Å²) in [5, 5.41) is 0. The van der Waals surface area contributed by atoms with Gasteiger partial charge < -0.3 is 0 Å². The molecule has 0 rings (SSSR count). The topological polar surface area (TPSA) is 149 Å². The van der Waals surface area contributed by atoms with Gasteiger partial charge in [0.05, 0.1) is 0 Å². The SMILES string of the molecule is O=S(=O)(O)O.O=S(=O)(O)O.[NaH].[Zn]. The summed E-state index contributed by atoms with van der Waals surface area (Å²) in [5.74, 6) is 0. The molecule has 8 nitrogen and oxygen atoms in total. The van der Waals surface area contributed by atoms with Crippen molar-refractivity contribution in [3.63, 3.8) is 0 Å². The van der Waals surface area contributed by atoms with Gasteiger partial charge in [-0.05, 0) is 0 Å². The maximum atomic E-state index is 8.74. The van der Waals surface area contributed by atoms with Gasteiger partial charge in [0.2, 0.25) is 0 Å². The van der Waals surface area contributed by atoms with E-state index >= 15 is 0 Å². The zero-order valence-corrected chi connectivity index (χ0v) is 9.55. The molecule has 12 heteroatoms. The molecule has 0 aromatic carbocycles. The van der Waals surface area contributed by atoms with Crippen molar-refractivity contribution in [3.05, 3.63) is 0 Å². The molecule has 0 heterocycles. The molecular weight excluding hydrogens is 281 g/mol. The van der Waals surface area contributed by atoms with Gasteiger partial charge in [0.1, 0.15) is 0 Å². The molecule has 0 aromatic rings. The quantitative estimate of drug-likeness (QED) is 0.296. The zero-order valence-electron chi connectivity index (χ0n) is 4.95. The van der Waals surface area contributed by atoms with Crippen LogP contribution in [-0.2, 0) is 40.3 Å². The summed E-state index contributed by atoms with van der Waals surface area (Å²) in [7, 11) is -9.33. The van der Waals surface area contributed by atoms with Crippen LogP contribution < -0.4 is 0 Å². The largest absolute Gasteiger partial charge is 0 e. The van der Waals surface area contributed by atoms with Crippen molar-refractivity contribution in [2.45, 2.75) is 0 Å². The second-order valence-electron chi connectivity index (χ2n) is 0.896. The summed E-state index contributed by atoms with van der Waals surface area (Å²) < 4.78 is 63.2. The van der Waals surface area contributed by atoms with E-state index < -0.39 is 20.8 Å². The summed E-state index contributed by atoms with van der Waals surface area (Å²) in [6.45, 7) is 0. The Morgan fingerprint density at radius 3 is 0.667 bits per heavy atom. The average Bonchev–Trinajstić information content (AvgIpc) is 1.12. The molecule has 0 fully saturated rings. The van der Waals surface area contributed by atoms with Crippen LogP contribution in [0.15, 0.2) is 0 Å². The van der Waals surface area contributed by atoms with E-state index in [2.05, 4.69) is 0 Å². The molecule has 0 aromatic heterocycles. The Morgan fingerprint density at radius 2 is 0.667 bits per heavy atom. The first-order chi connectivity index (χ1) is 4.00. The summed E-state index contributed by atoms with van der Waals surface area (Å²) in [6, 6.07) is 0. The monoisotopic (exact) mass is 284 g/mol. The normalized spacial score (nSPS) is 9.67. The molecule has 0 aliphatic rings. The predicted molar refractivity (Wildman–Crippen MR) is 35.5 cm³/mol. The molecule has 0 saturated heterocycles. The van der Waals surface area contributed by atoms with Crippen LogP contribution in [0.3, 0.4) is 0 Å². The van der Waals surface area contributed by atoms with Crippen molar-refractivity contribution in [2.75, 3.05) is 0 Å². The number of rotatable bonds is 0. The van der Waals surface area contributed by atoms with Gasteiger partial charge in [0.15, 0.2) is 0 Å². The van der Waals surface area contributed by atoms with Crippen LogP contribution in [0.4, 0.5) is 0 Å². The van der Waals surface area contributed by atoms with Gasteiger partial charge in [0.25, 0.3) is 0 Å². The minimum Gasteiger partial charge on any atom is 0 e. The van der Waals surface area contributed by atoms with Gasteiger partial charge in [-0.25, -0.2) is 0 Å². The fourth-order valence-electron chi connectivity index (χ4n) is 0. The molecule has 68 valence electrons. The summed E-state index contributed by atoms with van der Waals surface area (Å²) in [4.78, 5) is 0. The van der Waals surface area contributed by atoms with Crippen LogP contribution in [0, 0.1) is 0 Å². The third-order valence-electron chi connectivity index (χ3n) is 0. The van der Waals surface area contributed by atoms with Crippen molar-refractivity contribution in [2.24, 2.45) is 0 Å². The van der Waals surface area contributed by atoms with Crippen LogP contribution >= 0.6 is 0 Å². The maximum absolute atomic E-state index is 8.74. The van der Waals surface area contributed by atoms with Crippen LogP contribution in [-0.4, -0.2) is 64.6 Å². The van der Waals surface area contributed by atoms with E-state index in [1.54, 1.807) is 0 Å². The number of hydrogen-bond donors (Lipinski definition) is 4. The molecule has 0 unspecified atom stereocenters. The maximum Gasteiger partial charge on any atom is 0 e. The first kappa shape index (κ1) is 23.3.